The predicted molar refractivity (Wildman–Crippen MR) is 75.2 cm³/mol. The second kappa shape index (κ2) is 5.01. The summed E-state index contributed by atoms with van der Waals surface area (Å²) < 4.78 is 28.8. The molecule has 110 valence electrons. The quantitative estimate of drug-likeness (QED) is 0.728. The minimum atomic E-state index is -2.74. The molecule has 1 aromatic rings. The first-order valence-corrected chi connectivity index (χ1v) is 7.63. The first-order chi connectivity index (χ1) is 9.57. The van der Waals surface area contributed by atoms with Crippen molar-refractivity contribution in [2.45, 2.75) is 63.9 Å². The molecule has 0 N–H and O–H groups in total. The highest BCUT2D eigenvalue weighted by atomic mass is 19.3. The fraction of sp³-hybridized carbons (Fsp3) is 0.647. The third kappa shape index (κ3) is 2.32. The van der Waals surface area contributed by atoms with Crippen LogP contribution < -0.4 is 4.74 Å². The van der Waals surface area contributed by atoms with Gasteiger partial charge in [-0.3, -0.25) is 0 Å². The standard InChI is InChI=1S/C17H22F2O/c1-2-16-7-10-17(11-8-16,12-9-16)13-3-5-14(6-4-13)20-15(18)19/h3-6,15H,2,7-12H2,1H3. The lowest BCUT2D eigenvalue weighted by atomic mass is 9.51. The van der Waals surface area contributed by atoms with Gasteiger partial charge in [0.25, 0.3) is 0 Å². The van der Waals surface area contributed by atoms with Crippen molar-refractivity contribution in [2.75, 3.05) is 0 Å². The van der Waals surface area contributed by atoms with E-state index in [0.717, 1.165) is 0 Å². The predicted octanol–water partition coefficient (Wildman–Crippen LogP) is 5.29. The Balaban J connectivity index is 1.77. The molecule has 2 bridgehead atoms. The summed E-state index contributed by atoms with van der Waals surface area (Å²) >= 11 is 0. The smallest absolute Gasteiger partial charge is 0.387 e. The maximum Gasteiger partial charge on any atom is 0.387 e. The van der Waals surface area contributed by atoms with Crippen LogP contribution in [0, 0.1) is 5.41 Å². The zero-order valence-corrected chi connectivity index (χ0v) is 12.0. The first-order valence-electron chi connectivity index (χ1n) is 7.63. The molecule has 0 amide bonds. The van der Waals surface area contributed by atoms with Crippen LogP contribution in [0.25, 0.3) is 0 Å². The van der Waals surface area contributed by atoms with Crippen LogP contribution in [0.5, 0.6) is 5.75 Å². The zero-order valence-electron chi connectivity index (χ0n) is 12.0. The molecule has 3 aliphatic carbocycles. The van der Waals surface area contributed by atoms with Crippen LogP contribution in [0.4, 0.5) is 8.78 Å². The Bertz CT molecular complexity index is 442. The molecular formula is C17H22F2O. The number of hydrogen-bond donors (Lipinski definition) is 0. The fourth-order valence-corrected chi connectivity index (χ4v) is 4.22. The van der Waals surface area contributed by atoms with Gasteiger partial charge in [-0.05, 0) is 67.1 Å². The van der Waals surface area contributed by atoms with Gasteiger partial charge < -0.3 is 4.74 Å². The molecule has 0 unspecified atom stereocenters. The van der Waals surface area contributed by atoms with Crippen molar-refractivity contribution in [3.05, 3.63) is 29.8 Å². The highest BCUT2D eigenvalue weighted by Crippen LogP contribution is 2.59. The molecule has 3 heteroatoms. The van der Waals surface area contributed by atoms with E-state index in [4.69, 9.17) is 0 Å². The number of ether oxygens (including phenoxy) is 1. The Kier molecular flexibility index (Phi) is 3.47. The SMILES string of the molecule is CCC12CCC(c3ccc(OC(F)F)cc3)(CC1)CC2. The van der Waals surface area contributed by atoms with E-state index < -0.39 is 6.61 Å². The van der Waals surface area contributed by atoms with Gasteiger partial charge in [0.1, 0.15) is 5.75 Å². The highest BCUT2D eigenvalue weighted by molar-refractivity contribution is 5.34. The van der Waals surface area contributed by atoms with E-state index in [-0.39, 0.29) is 5.75 Å². The molecule has 0 aromatic heterocycles. The summed E-state index contributed by atoms with van der Waals surface area (Å²) in [5.74, 6) is 0.259. The van der Waals surface area contributed by atoms with Gasteiger partial charge in [0.2, 0.25) is 0 Å². The molecule has 1 aromatic carbocycles. The molecule has 0 radical (unpaired) electrons. The maximum atomic E-state index is 12.2. The van der Waals surface area contributed by atoms with Crippen molar-refractivity contribution in [1.82, 2.24) is 0 Å². The van der Waals surface area contributed by atoms with E-state index >= 15 is 0 Å². The van der Waals surface area contributed by atoms with Crippen LogP contribution >= 0.6 is 0 Å². The van der Waals surface area contributed by atoms with Crippen LogP contribution in [0.1, 0.15) is 57.4 Å². The molecule has 0 saturated heterocycles. The number of benzene rings is 1. The summed E-state index contributed by atoms with van der Waals surface area (Å²) in [4.78, 5) is 0. The van der Waals surface area contributed by atoms with E-state index in [1.165, 1.54) is 50.5 Å². The van der Waals surface area contributed by atoms with E-state index in [0.29, 0.717) is 10.8 Å². The first kappa shape index (κ1) is 13.8. The third-order valence-corrected chi connectivity index (χ3v) is 5.84. The fourth-order valence-electron chi connectivity index (χ4n) is 4.22. The monoisotopic (exact) mass is 280 g/mol. The molecule has 4 rings (SSSR count). The van der Waals surface area contributed by atoms with Crippen molar-refractivity contribution in [3.8, 4) is 5.75 Å². The highest BCUT2D eigenvalue weighted by Gasteiger charge is 2.48. The van der Waals surface area contributed by atoms with Gasteiger partial charge in [0.15, 0.2) is 0 Å². The molecular weight excluding hydrogens is 258 g/mol. The molecule has 3 aliphatic rings. The second-order valence-electron chi connectivity index (χ2n) is 6.54. The third-order valence-electron chi connectivity index (χ3n) is 5.84. The van der Waals surface area contributed by atoms with Gasteiger partial charge in [-0.15, -0.1) is 0 Å². The number of halogens is 2. The Morgan fingerprint density at radius 3 is 2.00 bits per heavy atom. The van der Waals surface area contributed by atoms with Crippen LogP contribution in [0.3, 0.4) is 0 Å². The Morgan fingerprint density at radius 2 is 1.55 bits per heavy atom. The summed E-state index contributed by atoms with van der Waals surface area (Å²) in [7, 11) is 0. The van der Waals surface area contributed by atoms with Crippen molar-refractivity contribution >= 4 is 0 Å². The number of hydrogen-bond acceptors (Lipinski definition) is 1. The molecule has 0 spiro atoms. The van der Waals surface area contributed by atoms with Gasteiger partial charge in [0.05, 0.1) is 0 Å². The Hall–Kier alpha value is -1.12. The number of alkyl halides is 2. The lowest BCUT2D eigenvalue weighted by Crippen LogP contribution is -2.43. The summed E-state index contributed by atoms with van der Waals surface area (Å²) in [6.07, 6.45) is 8.99. The van der Waals surface area contributed by atoms with E-state index in [2.05, 4.69) is 11.7 Å². The largest absolute Gasteiger partial charge is 0.435 e. The molecule has 1 nitrogen and oxygen atoms in total. The average molecular weight is 280 g/mol. The lowest BCUT2D eigenvalue weighted by Gasteiger charge is -2.54. The van der Waals surface area contributed by atoms with Crippen LogP contribution in [-0.2, 0) is 5.41 Å². The van der Waals surface area contributed by atoms with Crippen LogP contribution in [0.15, 0.2) is 24.3 Å². The van der Waals surface area contributed by atoms with Crippen LogP contribution in [-0.4, -0.2) is 6.61 Å². The van der Waals surface area contributed by atoms with Crippen molar-refractivity contribution in [3.63, 3.8) is 0 Å². The minimum Gasteiger partial charge on any atom is -0.435 e. The van der Waals surface area contributed by atoms with E-state index in [1.807, 2.05) is 12.1 Å². The van der Waals surface area contributed by atoms with E-state index in [9.17, 15) is 8.78 Å². The van der Waals surface area contributed by atoms with Crippen molar-refractivity contribution in [1.29, 1.82) is 0 Å². The van der Waals surface area contributed by atoms with Gasteiger partial charge in [-0.2, -0.15) is 8.78 Å². The molecule has 0 atom stereocenters. The van der Waals surface area contributed by atoms with Crippen molar-refractivity contribution < 1.29 is 13.5 Å². The maximum absolute atomic E-state index is 12.2. The second-order valence-corrected chi connectivity index (χ2v) is 6.54. The molecule has 0 aliphatic heterocycles. The normalized spacial score (nSPS) is 32.6. The average Bonchev–Trinajstić information content (AvgIpc) is 2.49. The van der Waals surface area contributed by atoms with Crippen LogP contribution in [0.2, 0.25) is 0 Å². The molecule has 0 heterocycles. The Labute approximate surface area is 119 Å². The molecule has 3 saturated carbocycles. The minimum absolute atomic E-state index is 0.259. The van der Waals surface area contributed by atoms with Gasteiger partial charge in [0, 0.05) is 0 Å². The lowest BCUT2D eigenvalue weighted by molar-refractivity contribution is -0.0498. The van der Waals surface area contributed by atoms with Gasteiger partial charge in [-0.25, -0.2) is 0 Å². The molecule has 20 heavy (non-hydrogen) atoms. The summed E-state index contributed by atoms with van der Waals surface area (Å²) in [5, 5.41) is 0. The summed E-state index contributed by atoms with van der Waals surface area (Å²) in [6.45, 7) is -0.428. The topological polar surface area (TPSA) is 9.23 Å². The zero-order chi connectivity index (χ0) is 14.2. The Morgan fingerprint density at radius 1 is 1.00 bits per heavy atom. The van der Waals surface area contributed by atoms with E-state index in [1.54, 1.807) is 12.1 Å². The van der Waals surface area contributed by atoms with Gasteiger partial charge in [-0.1, -0.05) is 25.5 Å². The van der Waals surface area contributed by atoms with Crippen molar-refractivity contribution in [2.24, 2.45) is 5.41 Å². The number of rotatable bonds is 4. The summed E-state index contributed by atoms with van der Waals surface area (Å²) in [6, 6.07) is 7.35. The summed E-state index contributed by atoms with van der Waals surface area (Å²) in [5.41, 5.74) is 2.20. The number of fused-ring (bicyclic) bond motifs is 3. The van der Waals surface area contributed by atoms with Gasteiger partial charge >= 0.3 is 6.61 Å². The molecule has 3 fully saturated rings.